The Morgan fingerprint density at radius 3 is 3.00 bits per heavy atom. The zero-order valence-corrected chi connectivity index (χ0v) is 15.9. The Labute approximate surface area is 158 Å². The minimum atomic E-state index is 0.103. The van der Waals surface area contributed by atoms with Crippen LogP contribution in [0.4, 0.5) is 0 Å². The molecule has 0 unspecified atom stereocenters. The minimum Gasteiger partial charge on any atom is -0.332 e. The standard InChI is InChI=1S/C21H26N4O2/c1-13-10-20-22-12-16-17-8-7-15(11-18(16)25(20)23-13)24(17)21(27)9-6-14-4-2-3-5-19(14)26/h10,12,14-15,17H,2-9,11H2,1H3/t14-,15+,17+/m0/s1. The molecule has 2 aromatic heterocycles. The Hall–Kier alpha value is -2.24. The van der Waals surface area contributed by atoms with Gasteiger partial charge in [-0.1, -0.05) is 6.42 Å². The highest BCUT2D eigenvalue weighted by atomic mass is 16.2. The van der Waals surface area contributed by atoms with Gasteiger partial charge in [0.15, 0.2) is 5.65 Å². The van der Waals surface area contributed by atoms with E-state index in [-0.39, 0.29) is 23.9 Å². The fourth-order valence-electron chi connectivity index (χ4n) is 5.37. The van der Waals surface area contributed by atoms with Gasteiger partial charge in [-0.25, -0.2) is 9.50 Å². The summed E-state index contributed by atoms with van der Waals surface area (Å²) in [7, 11) is 0. The Morgan fingerprint density at radius 1 is 1.26 bits per heavy atom. The largest absolute Gasteiger partial charge is 0.332 e. The van der Waals surface area contributed by atoms with E-state index in [1.165, 1.54) is 5.69 Å². The summed E-state index contributed by atoms with van der Waals surface area (Å²) in [5.74, 6) is 0.677. The van der Waals surface area contributed by atoms with Crippen molar-refractivity contribution in [1.29, 1.82) is 0 Å². The van der Waals surface area contributed by atoms with Crippen LogP contribution in [0.1, 0.15) is 74.4 Å². The molecule has 1 saturated carbocycles. The molecule has 6 heteroatoms. The summed E-state index contributed by atoms with van der Waals surface area (Å²) in [6, 6.07) is 2.38. The Morgan fingerprint density at radius 2 is 2.15 bits per heavy atom. The third-order valence-electron chi connectivity index (χ3n) is 6.70. The molecule has 5 rings (SSSR count). The lowest BCUT2D eigenvalue weighted by atomic mass is 9.84. The van der Waals surface area contributed by atoms with Crippen LogP contribution < -0.4 is 0 Å². The molecule has 2 fully saturated rings. The molecule has 6 nitrogen and oxygen atoms in total. The number of carbonyl (C=O) groups is 2. The number of ketones is 1. The summed E-state index contributed by atoms with van der Waals surface area (Å²) in [5, 5.41) is 4.61. The van der Waals surface area contributed by atoms with Gasteiger partial charge in [0.1, 0.15) is 5.78 Å². The zero-order valence-electron chi connectivity index (χ0n) is 15.9. The summed E-state index contributed by atoms with van der Waals surface area (Å²) in [4.78, 5) is 31.8. The van der Waals surface area contributed by atoms with Gasteiger partial charge in [0.2, 0.25) is 5.91 Å². The topological polar surface area (TPSA) is 67.6 Å². The first kappa shape index (κ1) is 16.9. The summed E-state index contributed by atoms with van der Waals surface area (Å²) >= 11 is 0. The normalized spacial score (nSPS) is 27.2. The number of nitrogens with zero attached hydrogens (tertiary/aromatic N) is 4. The van der Waals surface area contributed by atoms with Crippen LogP contribution in [0.15, 0.2) is 12.3 Å². The summed E-state index contributed by atoms with van der Waals surface area (Å²) in [6.07, 6.45) is 9.85. The molecule has 1 aliphatic carbocycles. The molecule has 2 aromatic rings. The van der Waals surface area contributed by atoms with Crippen molar-refractivity contribution in [3.05, 3.63) is 29.2 Å². The molecular formula is C21H26N4O2. The van der Waals surface area contributed by atoms with E-state index in [1.807, 2.05) is 23.7 Å². The second-order valence-corrected chi connectivity index (χ2v) is 8.42. The van der Waals surface area contributed by atoms with Gasteiger partial charge >= 0.3 is 0 Å². The van der Waals surface area contributed by atoms with E-state index in [1.54, 1.807) is 0 Å². The molecule has 0 radical (unpaired) electrons. The van der Waals surface area contributed by atoms with Crippen LogP contribution in [-0.2, 0) is 16.0 Å². The zero-order chi connectivity index (χ0) is 18.5. The number of hydrogen-bond acceptors (Lipinski definition) is 4. The smallest absolute Gasteiger partial charge is 0.223 e. The van der Waals surface area contributed by atoms with Gasteiger partial charge < -0.3 is 4.90 Å². The van der Waals surface area contributed by atoms with Crippen LogP contribution >= 0.6 is 0 Å². The van der Waals surface area contributed by atoms with Crippen LogP contribution in [0.25, 0.3) is 5.65 Å². The van der Waals surface area contributed by atoms with Gasteiger partial charge in [-0.2, -0.15) is 5.10 Å². The van der Waals surface area contributed by atoms with Crippen LogP contribution in [-0.4, -0.2) is 37.2 Å². The number of fused-ring (bicyclic) bond motifs is 6. The van der Waals surface area contributed by atoms with Crippen molar-refractivity contribution in [3.8, 4) is 0 Å². The lowest BCUT2D eigenvalue weighted by Crippen LogP contribution is -2.43. The molecule has 1 saturated heterocycles. The molecule has 0 aromatic carbocycles. The van der Waals surface area contributed by atoms with Crippen LogP contribution in [0.5, 0.6) is 0 Å². The van der Waals surface area contributed by atoms with E-state index in [4.69, 9.17) is 0 Å². The number of aryl methyl sites for hydroxylation is 1. The molecule has 2 aliphatic heterocycles. The van der Waals surface area contributed by atoms with E-state index in [0.717, 1.165) is 61.9 Å². The predicted molar refractivity (Wildman–Crippen MR) is 100 cm³/mol. The highest BCUT2D eigenvalue weighted by Crippen LogP contribution is 2.44. The minimum absolute atomic E-state index is 0.103. The average molecular weight is 366 g/mol. The number of Topliss-reactive ketones (excluding diaryl/α,β-unsaturated/α-hetero) is 1. The Bertz CT molecular complexity index is 918. The highest BCUT2D eigenvalue weighted by Gasteiger charge is 2.43. The molecule has 0 N–H and O–H groups in total. The third-order valence-corrected chi connectivity index (χ3v) is 6.70. The van der Waals surface area contributed by atoms with Gasteiger partial charge in [0, 0.05) is 49.0 Å². The second kappa shape index (κ2) is 6.43. The van der Waals surface area contributed by atoms with Gasteiger partial charge in [-0.15, -0.1) is 0 Å². The fraction of sp³-hybridized carbons (Fsp3) is 0.619. The maximum atomic E-state index is 13.1. The van der Waals surface area contributed by atoms with Gasteiger partial charge in [-0.05, 0) is 39.0 Å². The predicted octanol–water partition coefficient (Wildman–Crippen LogP) is 3.17. The third kappa shape index (κ3) is 2.77. The van der Waals surface area contributed by atoms with E-state index >= 15 is 0 Å². The number of aromatic nitrogens is 3. The Kier molecular flexibility index (Phi) is 4.02. The number of rotatable bonds is 3. The first-order valence-corrected chi connectivity index (χ1v) is 10.3. The first-order chi connectivity index (χ1) is 13.1. The van der Waals surface area contributed by atoms with Crippen molar-refractivity contribution in [3.63, 3.8) is 0 Å². The second-order valence-electron chi connectivity index (χ2n) is 8.42. The maximum Gasteiger partial charge on any atom is 0.223 e. The lowest BCUT2D eigenvalue weighted by molar-refractivity contribution is -0.135. The lowest BCUT2D eigenvalue weighted by Gasteiger charge is -2.36. The molecule has 1 amide bonds. The molecule has 142 valence electrons. The van der Waals surface area contributed by atoms with Gasteiger partial charge in [0.05, 0.1) is 17.4 Å². The first-order valence-electron chi connectivity index (χ1n) is 10.3. The highest BCUT2D eigenvalue weighted by molar-refractivity contribution is 5.83. The molecular weight excluding hydrogens is 340 g/mol. The van der Waals surface area contributed by atoms with Crippen molar-refractivity contribution in [2.24, 2.45) is 5.92 Å². The number of amides is 1. The number of carbonyl (C=O) groups excluding carboxylic acids is 2. The molecule has 3 atom stereocenters. The summed E-state index contributed by atoms with van der Waals surface area (Å²) in [5.41, 5.74) is 4.23. The maximum absolute atomic E-state index is 13.1. The summed E-state index contributed by atoms with van der Waals surface area (Å²) < 4.78 is 1.97. The van der Waals surface area contributed by atoms with Gasteiger partial charge in [-0.3, -0.25) is 9.59 Å². The molecule has 27 heavy (non-hydrogen) atoms. The van der Waals surface area contributed by atoms with Crippen molar-refractivity contribution in [1.82, 2.24) is 19.5 Å². The molecule has 0 spiro atoms. The van der Waals surface area contributed by atoms with Crippen LogP contribution in [0.2, 0.25) is 0 Å². The van der Waals surface area contributed by atoms with Crippen molar-refractivity contribution < 1.29 is 9.59 Å². The van der Waals surface area contributed by atoms with E-state index < -0.39 is 0 Å². The monoisotopic (exact) mass is 366 g/mol. The Balaban J connectivity index is 1.37. The van der Waals surface area contributed by atoms with Crippen LogP contribution in [0.3, 0.4) is 0 Å². The van der Waals surface area contributed by atoms with Crippen LogP contribution in [0, 0.1) is 12.8 Å². The van der Waals surface area contributed by atoms with E-state index in [0.29, 0.717) is 18.6 Å². The van der Waals surface area contributed by atoms with Crippen molar-refractivity contribution >= 4 is 17.3 Å². The quantitative estimate of drug-likeness (QED) is 0.837. The number of hydrogen-bond donors (Lipinski definition) is 0. The molecule has 2 bridgehead atoms. The van der Waals surface area contributed by atoms with E-state index in [2.05, 4.69) is 15.0 Å². The van der Waals surface area contributed by atoms with Gasteiger partial charge in [0.25, 0.3) is 0 Å². The fourth-order valence-corrected chi connectivity index (χ4v) is 5.37. The van der Waals surface area contributed by atoms with E-state index in [9.17, 15) is 9.59 Å². The average Bonchev–Trinajstić information content (AvgIpc) is 3.19. The molecule has 3 aliphatic rings. The van der Waals surface area contributed by atoms with Crippen molar-refractivity contribution in [2.75, 3.05) is 0 Å². The van der Waals surface area contributed by atoms with Crippen molar-refractivity contribution in [2.45, 2.75) is 76.8 Å². The molecule has 4 heterocycles. The summed E-state index contributed by atoms with van der Waals surface area (Å²) in [6.45, 7) is 1.99. The SMILES string of the molecule is Cc1cc2ncc3c(n2n1)C[C@H]1CC[C@H]3N1C(=O)CC[C@@H]1CCCCC1=O.